The molecule has 0 unspecified atom stereocenters. The zero-order valence-corrected chi connectivity index (χ0v) is 13.4. The van der Waals surface area contributed by atoms with Crippen molar-refractivity contribution in [1.29, 1.82) is 5.41 Å². The molecule has 1 aromatic rings. The van der Waals surface area contributed by atoms with Crippen LogP contribution >= 0.6 is 11.6 Å². The third-order valence-corrected chi connectivity index (χ3v) is 3.49. The number of halogens is 1. The first-order valence-corrected chi connectivity index (χ1v) is 7.23. The minimum Gasteiger partial charge on any atom is -0.491 e. The van der Waals surface area contributed by atoms with Crippen LogP contribution in [-0.4, -0.2) is 36.0 Å². The summed E-state index contributed by atoms with van der Waals surface area (Å²) in [5, 5.41) is 8.02. The van der Waals surface area contributed by atoms with Crippen molar-refractivity contribution in [3.63, 3.8) is 0 Å². The summed E-state index contributed by atoms with van der Waals surface area (Å²) in [5.74, 6) is 0.493. The van der Waals surface area contributed by atoms with Crippen LogP contribution in [0, 0.1) is 5.41 Å². The van der Waals surface area contributed by atoms with E-state index in [4.69, 9.17) is 27.5 Å². The number of rotatable bonds is 7. The van der Waals surface area contributed by atoms with E-state index in [0.717, 1.165) is 6.54 Å². The van der Waals surface area contributed by atoms with Gasteiger partial charge in [0, 0.05) is 18.6 Å². The predicted octanol–water partition coefficient (Wildman–Crippen LogP) is 3.12. The minimum absolute atomic E-state index is 0.0739. The van der Waals surface area contributed by atoms with Crippen LogP contribution in [0.25, 0.3) is 0 Å². The molecule has 0 aliphatic rings. The molecular weight excluding hydrogens is 274 g/mol. The smallest absolute Gasteiger partial charge is 0.131 e. The van der Waals surface area contributed by atoms with E-state index in [2.05, 4.69) is 32.6 Å². The molecule has 3 N–H and O–H groups in total. The van der Waals surface area contributed by atoms with Crippen LogP contribution in [0.5, 0.6) is 5.75 Å². The van der Waals surface area contributed by atoms with Crippen molar-refractivity contribution in [2.24, 2.45) is 5.73 Å². The molecule has 0 atom stereocenters. The molecule has 5 heteroatoms. The first-order valence-electron chi connectivity index (χ1n) is 6.86. The molecule has 1 rings (SSSR count). The van der Waals surface area contributed by atoms with Crippen LogP contribution in [0.3, 0.4) is 0 Å². The van der Waals surface area contributed by atoms with Crippen molar-refractivity contribution >= 4 is 17.4 Å². The summed E-state index contributed by atoms with van der Waals surface area (Å²) in [5.41, 5.74) is 6.02. The number of nitrogens with zero attached hydrogens (tertiary/aromatic N) is 1. The van der Waals surface area contributed by atoms with Crippen LogP contribution < -0.4 is 10.5 Å². The maximum atomic E-state index is 7.58. The summed E-state index contributed by atoms with van der Waals surface area (Å²) in [6.07, 6.45) is 0. The lowest BCUT2D eigenvalue weighted by Gasteiger charge is -2.30. The normalized spacial score (nSPS) is 11.4. The van der Waals surface area contributed by atoms with Gasteiger partial charge in [-0.1, -0.05) is 17.7 Å². The van der Waals surface area contributed by atoms with Crippen LogP contribution in [0.1, 0.15) is 33.3 Å². The van der Waals surface area contributed by atoms with E-state index in [1.54, 1.807) is 18.2 Å². The van der Waals surface area contributed by atoms with Crippen molar-refractivity contribution in [3.8, 4) is 5.75 Å². The Morgan fingerprint density at radius 2 is 1.90 bits per heavy atom. The van der Waals surface area contributed by atoms with Gasteiger partial charge in [-0.2, -0.15) is 0 Å². The average Bonchev–Trinajstić information content (AvgIpc) is 2.33. The quantitative estimate of drug-likeness (QED) is 0.600. The molecule has 0 aromatic heterocycles. The van der Waals surface area contributed by atoms with Gasteiger partial charge in [0.05, 0.1) is 10.6 Å². The second-order valence-corrected chi connectivity index (χ2v) is 5.71. The first-order chi connectivity index (χ1) is 9.34. The molecule has 0 aliphatic carbocycles. The number of ether oxygens (including phenoxy) is 1. The van der Waals surface area contributed by atoms with Gasteiger partial charge >= 0.3 is 0 Å². The van der Waals surface area contributed by atoms with Crippen LogP contribution in [0.4, 0.5) is 0 Å². The number of nitrogen functional groups attached to an aromatic ring is 1. The highest BCUT2D eigenvalue weighted by molar-refractivity contribution is 6.34. The van der Waals surface area contributed by atoms with Crippen molar-refractivity contribution in [2.45, 2.75) is 39.8 Å². The van der Waals surface area contributed by atoms with E-state index < -0.39 is 0 Å². The van der Waals surface area contributed by atoms with Gasteiger partial charge in [0.15, 0.2) is 0 Å². The van der Waals surface area contributed by atoms with Gasteiger partial charge < -0.3 is 10.5 Å². The summed E-state index contributed by atoms with van der Waals surface area (Å²) >= 11 is 6.06. The molecule has 0 bridgehead atoms. The number of hydrogen-bond donors (Lipinski definition) is 2. The van der Waals surface area contributed by atoms with E-state index in [9.17, 15) is 0 Å². The van der Waals surface area contributed by atoms with Gasteiger partial charge in [-0.25, -0.2) is 0 Å². The molecule has 20 heavy (non-hydrogen) atoms. The topological polar surface area (TPSA) is 62.3 Å². The zero-order chi connectivity index (χ0) is 15.3. The van der Waals surface area contributed by atoms with Crippen LogP contribution in [0.15, 0.2) is 18.2 Å². The Hall–Kier alpha value is -1.26. The highest BCUT2D eigenvalue weighted by atomic mass is 35.5. The molecule has 4 nitrogen and oxygen atoms in total. The monoisotopic (exact) mass is 297 g/mol. The van der Waals surface area contributed by atoms with Crippen molar-refractivity contribution in [1.82, 2.24) is 4.90 Å². The Morgan fingerprint density at radius 3 is 2.40 bits per heavy atom. The highest BCUT2D eigenvalue weighted by Gasteiger charge is 2.15. The zero-order valence-electron chi connectivity index (χ0n) is 12.6. The molecule has 0 amide bonds. The van der Waals surface area contributed by atoms with E-state index in [1.165, 1.54) is 0 Å². The molecular formula is C15H24ClN3O. The second-order valence-electron chi connectivity index (χ2n) is 5.30. The Bertz CT molecular complexity index is 452. The SMILES string of the molecule is CC(C)N(CCOc1cccc(Cl)c1C(=N)N)C(C)C. The Labute approximate surface area is 126 Å². The number of nitrogens with two attached hydrogens (primary N) is 1. The molecule has 112 valence electrons. The molecule has 0 fully saturated rings. The standard InChI is InChI=1S/C15H24ClN3O/c1-10(2)19(11(3)4)8-9-20-13-7-5-6-12(16)14(13)15(17)18/h5-7,10-11H,8-9H2,1-4H3,(H3,17,18). The third kappa shape index (κ3) is 4.39. The number of amidine groups is 1. The summed E-state index contributed by atoms with van der Waals surface area (Å²) < 4.78 is 5.76. The number of nitrogens with one attached hydrogen (secondary N) is 1. The summed E-state index contributed by atoms with van der Waals surface area (Å²) in [7, 11) is 0. The van der Waals surface area contributed by atoms with Gasteiger partial charge in [-0.15, -0.1) is 0 Å². The molecule has 0 saturated carbocycles. The fourth-order valence-electron chi connectivity index (χ4n) is 2.26. The van der Waals surface area contributed by atoms with Gasteiger partial charge in [0.2, 0.25) is 0 Å². The molecule has 0 heterocycles. The van der Waals surface area contributed by atoms with E-state index in [0.29, 0.717) is 35.0 Å². The highest BCUT2D eigenvalue weighted by Crippen LogP contribution is 2.25. The summed E-state index contributed by atoms with van der Waals surface area (Å²) in [6.45, 7) is 10.0. The van der Waals surface area contributed by atoms with E-state index in [1.807, 2.05) is 0 Å². The Kier molecular flexibility index (Phi) is 6.30. The lowest BCUT2D eigenvalue weighted by Crippen LogP contribution is -2.39. The van der Waals surface area contributed by atoms with Crippen molar-refractivity contribution in [3.05, 3.63) is 28.8 Å². The van der Waals surface area contributed by atoms with Crippen LogP contribution in [-0.2, 0) is 0 Å². The van der Waals surface area contributed by atoms with Gasteiger partial charge in [-0.05, 0) is 39.8 Å². The summed E-state index contributed by atoms with van der Waals surface area (Å²) in [4.78, 5) is 2.35. The maximum absolute atomic E-state index is 7.58. The largest absolute Gasteiger partial charge is 0.491 e. The fourth-order valence-corrected chi connectivity index (χ4v) is 2.53. The van der Waals surface area contributed by atoms with E-state index in [-0.39, 0.29) is 5.84 Å². The predicted molar refractivity (Wildman–Crippen MR) is 84.9 cm³/mol. The third-order valence-electron chi connectivity index (χ3n) is 3.18. The molecule has 0 spiro atoms. The van der Waals surface area contributed by atoms with Crippen molar-refractivity contribution in [2.75, 3.05) is 13.2 Å². The second kappa shape index (κ2) is 7.50. The molecule has 1 aromatic carbocycles. The van der Waals surface area contributed by atoms with E-state index >= 15 is 0 Å². The van der Waals surface area contributed by atoms with Crippen LogP contribution in [0.2, 0.25) is 5.02 Å². The molecule has 0 aliphatic heterocycles. The fraction of sp³-hybridized carbons (Fsp3) is 0.533. The van der Waals surface area contributed by atoms with Gasteiger partial charge in [0.1, 0.15) is 18.2 Å². The lowest BCUT2D eigenvalue weighted by molar-refractivity contribution is 0.142. The average molecular weight is 298 g/mol. The first kappa shape index (κ1) is 16.8. The van der Waals surface area contributed by atoms with Crippen molar-refractivity contribution < 1.29 is 4.74 Å². The number of benzene rings is 1. The molecule has 0 saturated heterocycles. The number of hydrogen-bond acceptors (Lipinski definition) is 3. The molecule has 0 radical (unpaired) electrons. The minimum atomic E-state index is -0.0739. The lowest BCUT2D eigenvalue weighted by atomic mass is 10.2. The van der Waals surface area contributed by atoms with Gasteiger partial charge in [-0.3, -0.25) is 10.3 Å². The Balaban J connectivity index is 2.71. The van der Waals surface area contributed by atoms with Gasteiger partial charge in [0.25, 0.3) is 0 Å². The maximum Gasteiger partial charge on any atom is 0.131 e. The Morgan fingerprint density at radius 1 is 1.30 bits per heavy atom. The summed E-state index contributed by atoms with van der Waals surface area (Å²) in [6, 6.07) is 6.22.